The third kappa shape index (κ3) is 3.96. The minimum Gasteiger partial charge on any atom is -0.387 e. The second-order valence-electron chi connectivity index (χ2n) is 6.35. The molecule has 0 saturated carbocycles. The van der Waals surface area contributed by atoms with Gasteiger partial charge in [-0.25, -0.2) is 4.98 Å². The van der Waals surface area contributed by atoms with Crippen molar-refractivity contribution >= 4 is 17.3 Å². The summed E-state index contributed by atoms with van der Waals surface area (Å²) in [7, 11) is 3.62. The minimum atomic E-state index is -0.324. The molecule has 8 nitrogen and oxygen atoms in total. The van der Waals surface area contributed by atoms with Crippen LogP contribution < -0.4 is 10.6 Å². The van der Waals surface area contributed by atoms with Gasteiger partial charge in [-0.3, -0.25) is 19.4 Å². The summed E-state index contributed by atoms with van der Waals surface area (Å²) in [5, 5.41) is 10.4. The fourth-order valence-electron chi connectivity index (χ4n) is 2.90. The molecule has 0 aliphatic rings. The third-order valence-electron chi connectivity index (χ3n) is 4.29. The van der Waals surface area contributed by atoms with Crippen molar-refractivity contribution in [1.82, 2.24) is 24.7 Å². The monoisotopic (exact) mass is 385 g/mol. The third-order valence-corrected chi connectivity index (χ3v) is 4.29. The van der Waals surface area contributed by atoms with E-state index in [4.69, 9.17) is 0 Å². The van der Waals surface area contributed by atoms with Crippen molar-refractivity contribution < 1.29 is 4.79 Å². The van der Waals surface area contributed by atoms with Gasteiger partial charge in [-0.15, -0.1) is 0 Å². The maximum atomic E-state index is 12.9. The highest BCUT2D eigenvalue weighted by Crippen LogP contribution is 2.25. The lowest BCUT2D eigenvalue weighted by molar-refractivity contribution is 0.102. The van der Waals surface area contributed by atoms with Crippen molar-refractivity contribution in [3.8, 4) is 22.6 Å². The van der Waals surface area contributed by atoms with Crippen LogP contribution in [0.25, 0.3) is 22.6 Å². The summed E-state index contributed by atoms with van der Waals surface area (Å²) in [6.07, 6.45) is 6.87. The Morgan fingerprint density at radius 2 is 1.93 bits per heavy atom. The van der Waals surface area contributed by atoms with E-state index in [2.05, 4.69) is 30.7 Å². The Morgan fingerprint density at radius 3 is 2.72 bits per heavy atom. The van der Waals surface area contributed by atoms with Crippen molar-refractivity contribution in [2.24, 2.45) is 7.05 Å². The molecule has 4 aromatic rings. The fraction of sp³-hybridized carbons (Fsp3) is 0.0952. The van der Waals surface area contributed by atoms with Crippen LogP contribution in [0, 0.1) is 0 Å². The maximum Gasteiger partial charge on any atom is 0.274 e. The lowest BCUT2D eigenvalue weighted by atomic mass is 10.1. The zero-order chi connectivity index (χ0) is 20.2. The number of aromatic nitrogens is 5. The molecular formula is C21H19N7O. The molecule has 0 saturated heterocycles. The number of carbonyl (C=O) groups is 1. The van der Waals surface area contributed by atoms with Crippen LogP contribution in [0.1, 0.15) is 10.5 Å². The van der Waals surface area contributed by atoms with Crippen LogP contribution in [0.5, 0.6) is 0 Å². The Bertz CT molecular complexity index is 1150. The number of nitrogens with zero attached hydrogens (tertiary/aromatic N) is 5. The molecule has 2 N–H and O–H groups in total. The van der Waals surface area contributed by atoms with E-state index < -0.39 is 0 Å². The minimum absolute atomic E-state index is 0.299. The lowest BCUT2D eigenvalue weighted by Gasteiger charge is -2.07. The van der Waals surface area contributed by atoms with Gasteiger partial charge < -0.3 is 10.6 Å². The number of nitrogens with one attached hydrogen (secondary N) is 2. The Hall–Kier alpha value is -4.07. The molecule has 29 heavy (non-hydrogen) atoms. The molecule has 0 fully saturated rings. The first kappa shape index (κ1) is 18.3. The van der Waals surface area contributed by atoms with Crippen molar-refractivity contribution in [3.05, 3.63) is 72.9 Å². The van der Waals surface area contributed by atoms with Crippen molar-refractivity contribution in [2.75, 3.05) is 17.7 Å². The number of rotatable bonds is 5. The molecule has 0 bridgehead atoms. The first-order valence-corrected chi connectivity index (χ1v) is 9.00. The molecule has 4 heterocycles. The average Bonchev–Trinajstić information content (AvgIpc) is 3.14. The zero-order valence-corrected chi connectivity index (χ0v) is 16.0. The van der Waals surface area contributed by atoms with Crippen molar-refractivity contribution in [2.45, 2.75) is 0 Å². The zero-order valence-electron chi connectivity index (χ0n) is 16.0. The highest BCUT2D eigenvalue weighted by molar-refractivity contribution is 6.04. The van der Waals surface area contributed by atoms with Crippen LogP contribution >= 0.6 is 0 Å². The van der Waals surface area contributed by atoms with Gasteiger partial charge in [0.2, 0.25) is 0 Å². The molecule has 4 rings (SSSR count). The van der Waals surface area contributed by atoms with Gasteiger partial charge in [0.05, 0.1) is 22.8 Å². The summed E-state index contributed by atoms with van der Waals surface area (Å²) in [5.41, 5.74) is 4.51. The summed E-state index contributed by atoms with van der Waals surface area (Å²) in [6.45, 7) is 0. The number of pyridine rings is 3. The predicted octanol–water partition coefficient (Wildman–Crippen LogP) is 3.23. The first-order valence-electron chi connectivity index (χ1n) is 9.00. The molecule has 0 aliphatic carbocycles. The molecule has 4 aromatic heterocycles. The Kier molecular flexibility index (Phi) is 4.98. The topological polar surface area (TPSA) is 97.6 Å². The second-order valence-corrected chi connectivity index (χ2v) is 6.35. The smallest absolute Gasteiger partial charge is 0.274 e. The highest BCUT2D eigenvalue weighted by Gasteiger charge is 2.16. The van der Waals surface area contributed by atoms with E-state index in [1.54, 1.807) is 48.6 Å². The Labute approximate surface area is 167 Å². The molecule has 0 radical (unpaired) electrons. The normalized spacial score (nSPS) is 10.6. The number of hydrogen-bond acceptors (Lipinski definition) is 6. The van der Waals surface area contributed by atoms with Gasteiger partial charge in [0.15, 0.2) is 0 Å². The van der Waals surface area contributed by atoms with Crippen LogP contribution in [-0.4, -0.2) is 37.7 Å². The quantitative estimate of drug-likeness (QED) is 0.547. The van der Waals surface area contributed by atoms with Gasteiger partial charge in [0.1, 0.15) is 11.4 Å². The predicted molar refractivity (Wildman–Crippen MR) is 111 cm³/mol. The van der Waals surface area contributed by atoms with Gasteiger partial charge in [0, 0.05) is 44.4 Å². The molecule has 0 atom stereocenters. The number of anilines is 2. The number of amides is 1. The highest BCUT2D eigenvalue weighted by atomic mass is 16.1. The maximum absolute atomic E-state index is 12.9. The standard InChI is InChI=1S/C21H19N7O/c1-22-15-10-14(11-23-12-15)16-7-5-8-18(25-16)21(29)26-19-13-28(2)27-20(19)17-6-3-4-9-24-17/h3-13,22H,1-2H3,(H,26,29). The van der Waals surface area contributed by atoms with Crippen molar-refractivity contribution in [3.63, 3.8) is 0 Å². The largest absolute Gasteiger partial charge is 0.387 e. The van der Waals surface area contributed by atoms with Crippen LogP contribution in [0.4, 0.5) is 11.4 Å². The van der Waals surface area contributed by atoms with E-state index >= 15 is 0 Å². The number of carbonyl (C=O) groups excluding carboxylic acids is 1. The van der Waals surface area contributed by atoms with Gasteiger partial charge in [0.25, 0.3) is 5.91 Å². The van der Waals surface area contributed by atoms with E-state index in [0.717, 1.165) is 11.3 Å². The molecular weight excluding hydrogens is 366 g/mol. The van der Waals surface area contributed by atoms with Crippen LogP contribution in [0.3, 0.4) is 0 Å². The Morgan fingerprint density at radius 1 is 1.07 bits per heavy atom. The fourth-order valence-corrected chi connectivity index (χ4v) is 2.90. The lowest BCUT2D eigenvalue weighted by Crippen LogP contribution is -2.14. The van der Waals surface area contributed by atoms with Gasteiger partial charge in [-0.05, 0) is 30.3 Å². The summed E-state index contributed by atoms with van der Waals surface area (Å²) >= 11 is 0. The van der Waals surface area contributed by atoms with Gasteiger partial charge in [-0.1, -0.05) is 12.1 Å². The second kappa shape index (κ2) is 7.89. The first-order chi connectivity index (χ1) is 14.1. The van der Waals surface area contributed by atoms with E-state index in [1.165, 1.54) is 0 Å². The SMILES string of the molecule is CNc1cncc(-c2cccc(C(=O)Nc3cn(C)nc3-c3ccccn3)n2)c1. The summed E-state index contributed by atoms with van der Waals surface area (Å²) in [4.78, 5) is 25.9. The van der Waals surface area contributed by atoms with Crippen LogP contribution in [0.15, 0.2) is 67.3 Å². The molecule has 8 heteroatoms. The van der Waals surface area contributed by atoms with E-state index in [9.17, 15) is 4.79 Å². The number of hydrogen-bond donors (Lipinski definition) is 2. The summed E-state index contributed by atoms with van der Waals surface area (Å²) in [6, 6.07) is 12.8. The molecule has 0 aromatic carbocycles. The molecule has 0 spiro atoms. The summed E-state index contributed by atoms with van der Waals surface area (Å²) in [5.74, 6) is -0.324. The van der Waals surface area contributed by atoms with Crippen LogP contribution in [-0.2, 0) is 7.05 Å². The van der Waals surface area contributed by atoms with Gasteiger partial charge in [-0.2, -0.15) is 5.10 Å². The Balaban J connectivity index is 1.62. The molecule has 1 amide bonds. The van der Waals surface area contributed by atoms with E-state index in [0.29, 0.717) is 28.5 Å². The van der Waals surface area contributed by atoms with Gasteiger partial charge >= 0.3 is 0 Å². The van der Waals surface area contributed by atoms with E-state index in [-0.39, 0.29) is 5.91 Å². The molecule has 0 aliphatic heterocycles. The molecule has 144 valence electrons. The van der Waals surface area contributed by atoms with E-state index in [1.807, 2.05) is 37.4 Å². The molecule has 0 unspecified atom stereocenters. The van der Waals surface area contributed by atoms with Crippen LogP contribution in [0.2, 0.25) is 0 Å². The summed E-state index contributed by atoms with van der Waals surface area (Å²) < 4.78 is 1.64. The van der Waals surface area contributed by atoms with Crippen molar-refractivity contribution in [1.29, 1.82) is 0 Å². The number of aryl methyl sites for hydroxylation is 1. The average molecular weight is 385 g/mol.